The van der Waals surface area contributed by atoms with Gasteiger partial charge in [0, 0.05) is 9.17 Å². The molecule has 3 aromatic rings. The van der Waals surface area contributed by atoms with Crippen LogP contribution in [0.25, 0.3) is 10.1 Å². The molecule has 0 N–H and O–H groups in total. The van der Waals surface area contributed by atoms with Gasteiger partial charge in [-0.25, -0.2) is 0 Å². The zero-order valence-corrected chi connectivity index (χ0v) is 13.5. The molecule has 0 aliphatic rings. The van der Waals surface area contributed by atoms with Gasteiger partial charge in [0.05, 0.1) is 5.38 Å². The summed E-state index contributed by atoms with van der Waals surface area (Å²) in [5.41, 5.74) is 3.61. The Morgan fingerprint density at radius 2 is 1.84 bits per heavy atom. The van der Waals surface area contributed by atoms with Crippen molar-refractivity contribution in [1.29, 1.82) is 0 Å². The molecule has 0 bridgehead atoms. The average molecular weight is 352 g/mol. The van der Waals surface area contributed by atoms with Crippen LogP contribution in [0.4, 0.5) is 0 Å². The Hall–Kier alpha value is -0.830. The summed E-state index contributed by atoms with van der Waals surface area (Å²) in [7, 11) is 0. The lowest BCUT2D eigenvalue weighted by Crippen LogP contribution is -1.94. The quantitative estimate of drug-likeness (QED) is 0.475. The fraction of sp³-hybridized carbons (Fsp3) is 0.125. The van der Waals surface area contributed by atoms with E-state index in [-0.39, 0.29) is 5.38 Å². The molecule has 1 heterocycles. The second-order valence-electron chi connectivity index (χ2n) is 4.53. The minimum Gasteiger partial charge on any atom is -0.142 e. The van der Waals surface area contributed by atoms with Gasteiger partial charge in [-0.3, -0.25) is 0 Å². The van der Waals surface area contributed by atoms with Gasteiger partial charge in [0.2, 0.25) is 0 Å². The number of thiophene rings is 1. The molecule has 3 heteroatoms. The van der Waals surface area contributed by atoms with Crippen LogP contribution in [0.1, 0.15) is 22.1 Å². The molecule has 96 valence electrons. The molecule has 0 fully saturated rings. The third-order valence-electron chi connectivity index (χ3n) is 3.32. The fourth-order valence-electron chi connectivity index (χ4n) is 2.28. The van der Waals surface area contributed by atoms with Gasteiger partial charge in [0.25, 0.3) is 0 Å². The fourth-order valence-corrected chi connectivity index (χ4v) is 4.42. The second-order valence-corrected chi connectivity index (χ2v) is 6.70. The minimum atomic E-state index is -0.0933. The lowest BCUT2D eigenvalue weighted by atomic mass is 10.00. The van der Waals surface area contributed by atoms with Gasteiger partial charge < -0.3 is 0 Å². The predicted molar refractivity (Wildman–Crippen MR) is 88.4 cm³/mol. The Labute approximate surface area is 130 Å². The second kappa shape index (κ2) is 5.28. The maximum absolute atomic E-state index is 6.70. The van der Waals surface area contributed by atoms with E-state index in [0.717, 1.165) is 4.47 Å². The standard InChI is InChI=1S/C16H12BrClS/c1-10-5-2-3-6-11(10)15(18)13-9-19-16-12(13)7-4-8-14(16)17/h2-9,15H,1H3. The molecule has 19 heavy (non-hydrogen) atoms. The summed E-state index contributed by atoms with van der Waals surface area (Å²) in [5.74, 6) is 0. The topological polar surface area (TPSA) is 0 Å². The third-order valence-corrected chi connectivity index (χ3v) is 5.76. The van der Waals surface area contributed by atoms with Gasteiger partial charge in [0.1, 0.15) is 0 Å². The van der Waals surface area contributed by atoms with Crippen molar-refractivity contribution < 1.29 is 0 Å². The summed E-state index contributed by atoms with van der Waals surface area (Å²) >= 11 is 12.0. The van der Waals surface area contributed by atoms with Crippen molar-refractivity contribution in [1.82, 2.24) is 0 Å². The lowest BCUT2D eigenvalue weighted by molar-refractivity contribution is 1.13. The van der Waals surface area contributed by atoms with Gasteiger partial charge in [-0.15, -0.1) is 22.9 Å². The number of hydrogen-bond acceptors (Lipinski definition) is 1. The molecule has 0 radical (unpaired) electrons. The molecule has 0 nitrogen and oxygen atoms in total. The summed E-state index contributed by atoms with van der Waals surface area (Å²) in [6.45, 7) is 2.11. The number of halogens is 2. The Bertz CT molecular complexity index is 732. The van der Waals surface area contributed by atoms with Crippen LogP contribution in [-0.4, -0.2) is 0 Å². The Kier molecular flexibility index (Phi) is 3.66. The molecule has 0 aliphatic heterocycles. The van der Waals surface area contributed by atoms with E-state index in [0.29, 0.717) is 0 Å². The van der Waals surface area contributed by atoms with E-state index in [1.165, 1.54) is 26.8 Å². The highest BCUT2D eigenvalue weighted by Gasteiger charge is 2.17. The number of alkyl halides is 1. The van der Waals surface area contributed by atoms with Crippen LogP contribution in [0.2, 0.25) is 0 Å². The van der Waals surface area contributed by atoms with Crippen LogP contribution in [0.5, 0.6) is 0 Å². The molecule has 0 spiro atoms. The van der Waals surface area contributed by atoms with E-state index < -0.39 is 0 Å². The van der Waals surface area contributed by atoms with E-state index in [1.807, 2.05) is 12.1 Å². The van der Waals surface area contributed by atoms with Gasteiger partial charge in [-0.05, 0) is 56.4 Å². The molecule has 3 rings (SSSR count). The van der Waals surface area contributed by atoms with Crippen molar-refractivity contribution in [3.63, 3.8) is 0 Å². The number of fused-ring (bicyclic) bond motifs is 1. The van der Waals surface area contributed by atoms with Crippen LogP contribution < -0.4 is 0 Å². The largest absolute Gasteiger partial charge is 0.142 e. The van der Waals surface area contributed by atoms with Crippen molar-refractivity contribution in [2.45, 2.75) is 12.3 Å². The number of rotatable bonds is 2. The highest BCUT2D eigenvalue weighted by Crippen LogP contribution is 2.40. The van der Waals surface area contributed by atoms with Crippen molar-refractivity contribution >= 4 is 49.0 Å². The van der Waals surface area contributed by atoms with Crippen molar-refractivity contribution in [2.24, 2.45) is 0 Å². The van der Waals surface area contributed by atoms with E-state index in [2.05, 4.69) is 58.6 Å². The number of aryl methyl sites for hydroxylation is 1. The van der Waals surface area contributed by atoms with Crippen LogP contribution in [0.3, 0.4) is 0 Å². The molecule has 0 saturated carbocycles. The highest BCUT2D eigenvalue weighted by molar-refractivity contribution is 9.10. The Balaban J connectivity index is 2.15. The van der Waals surface area contributed by atoms with Crippen LogP contribution in [-0.2, 0) is 0 Å². The summed E-state index contributed by atoms with van der Waals surface area (Å²) in [5, 5.41) is 3.31. The molecule has 1 unspecified atom stereocenters. The first-order valence-electron chi connectivity index (χ1n) is 6.03. The molecular formula is C16H12BrClS. The first-order chi connectivity index (χ1) is 9.18. The Morgan fingerprint density at radius 1 is 1.05 bits per heavy atom. The van der Waals surface area contributed by atoms with E-state index in [9.17, 15) is 0 Å². The number of benzene rings is 2. The maximum Gasteiger partial charge on any atom is 0.0852 e. The van der Waals surface area contributed by atoms with Gasteiger partial charge >= 0.3 is 0 Å². The minimum absolute atomic E-state index is 0.0933. The molecule has 2 aromatic carbocycles. The molecule has 1 atom stereocenters. The van der Waals surface area contributed by atoms with Crippen molar-refractivity contribution in [2.75, 3.05) is 0 Å². The Morgan fingerprint density at radius 3 is 2.63 bits per heavy atom. The summed E-state index contributed by atoms with van der Waals surface area (Å²) < 4.78 is 2.40. The SMILES string of the molecule is Cc1ccccc1C(Cl)c1csc2c(Br)cccc12. The van der Waals surface area contributed by atoms with Crippen LogP contribution >= 0.6 is 38.9 Å². The average Bonchev–Trinajstić information content (AvgIpc) is 2.84. The monoisotopic (exact) mass is 350 g/mol. The summed E-state index contributed by atoms with van der Waals surface area (Å²) in [6, 6.07) is 14.6. The van der Waals surface area contributed by atoms with Gasteiger partial charge in [-0.2, -0.15) is 0 Å². The smallest absolute Gasteiger partial charge is 0.0852 e. The molecule has 1 aromatic heterocycles. The van der Waals surface area contributed by atoms with Gasteiger partial charge in [0.15, 0.2) is 0 Å². The van der Waals surface area contributed by atoms with Crippen LogP contribution in [0, 0.1) is 6.92 Å². The summed E-state index contributed by atoms with van der Waals surface area (Å²) in [6.07, 6.45) is 0. The molecular weight excluding hydrogens is 340 g/mol. The lowest BCUT2D eigenvalue weighted by Gasteiger charge is -2.12. The zero-order chi connectivity index (χ0) is 13.4. The normalized spacial score (nSPS) is 12.8. The first kappa shape index (κ1) is 13.2. The van der Waals surface area contributed by atoms with E-state index in [4.69, 9.17) is 11.6 Å². The van der Waals surface area contributed by atoms with E-state index >= 15 is 0 Å². The predicted octanol–water partition coefficient (Wildman–Crippen LogP) is 6.30. The van der Waals surface area contributed by atoms with Crippen molar-refractivity contribution in [3.05, 3.63) is 69.0 Å². The molecule has 0 aliphatic carbocycles. The summed E-state index contributed by atoms with van der Waals surface area (Å²) in [4.78, 5) is 0. The van der Waals surface area contributed by atoms with E-state index in [1.54, 1.807) is 11.3 Å². The molecule has 0 saturated heterocycles. The van der Waals surface area contributed by atoms with Crippen LogP contribution in [0.15, 0.2) is 52.3 Å². The maximum atomic E-state index is 6.70. The highest BCUT2D eigenvalue weighted by atomic mass is 79.9. The first-order valence-corrected chi connectivity index (χ1v) is 8.14. The number of hydrogen-bond donors (Lipinski definition) is 0. The third kappa shape index (κ3) is 2.33. The molecule has 0 amide bonds. The zero-order valence-electron chi connectivity index (χ0n) is 10.4. The van der Waals surface area contributed by atoms with Gasteiger partial charge in [-0.1, -0.05) is 36.4 Å². The van der Waals surface area contributed by atoms with Crippen molar-refractivity contribution in [3.8, 4) is 0 Å².